The number of carbonyl (C=O) groups is 2. The monoisotopic (exact) mass is 176 g/mol. The molecule has 68 valence electrons. The Morgan fingerprint density at radius 3 is 2.25 bits per heavy atom. The van der Waals surface area contributed by atoms with E-state index in [1.165, 1.54) is 0 Å². The Labute approximate surface area is 67.4 Å². The summed E-state index contributed by atoms with van der Waals surface area (Å²) in [7, 11) is 0. The first-order chi connectivity index (χ1) is 5.57. The number of epoxide rings is 1. The van der Waals surface area contributed by atoms with Gasteiger partial charge in [0.25, 0.3) is 0 Å². The highest BCUT2D eigenvalue weighted by atomic mass is 16.7. The number of aliphatic hydroxyl groups excluding tert-OH is 3. The first kappa shape index (κ1) is 9.11. The summed E-state index contributed by atoms with van der Waals surface area (Å²) in [5.41, 5.74) is 0. The van der Waals surface area contributed by atoms with Crippen molar-refractivity contribution in [2.75, 3.05) is 0 Å². The van der Waals surface area contributed by atoms with Crippen LogP contribution in [0.1, 0.15) is 0 Å². The largest absolute Gasteiger partial charge is 0.445 e. The number of cyclic esters (lactones) is 1. The zero-order chi connectivity index (χ0) is 9.30. The normalized spacial score (nSPS) is 28.6. The van der Waals surface area contributed by atoms with Gasteiger partial charge in [0.05, 0.1) is 0 Å². The Kier molecular flexibility index (Phi) is 2.41. The molecule has 1 rings (SSSR count). The second-order valence-corrected chi connectivity index (χ2v) is 2.47. The van der Waals surface area contributed by atoms with E-state index in [1.807, 2.05) is 0 Å². The minimum Gasteiger partial charge on any atom is -0.445 e. The average Bonchev–Trinajstić information content (AvgIpc) is 2.78. The molecular weight excluding hydrogens is 168 g/mol. The smallest absolute Gasteiger partial charge is 0.351 e. The minimum absolute atomic E-state index is 0.0702. The van der Waals surface area contributed by atoms with E-state index in [9.17, 15) is 9.59 Å². The summed E-state index contributed by atoms with van der Waals surface area (Å²) in [5, 5.41) is 26.7. The number of aliphatic hydroxyl groups is 3. The third kappa shape index (κ3) is 1.60. The predicted molar refractivity (Wildman–Crippen MR) is 34.0 cm³/mol. The number of aldehydes is 1. The second-order valence-electron chi connectivity index (χ2n) is 2.47. The van der Waals surface area contributed by atoms with Gasteiger partial charge in [0.15, 0.2) is 6.29 Å². The van der Waals surface area contributed by atoms with Crippen LogP contribution in [0.15, 0.2) is 0 Å². The van der Waals surface area contributed by atoms with Crippen molar-refractivity contribution in [1.29, 1.82) is 0 Å². The van der Waals surface area contributed by atoms with Gasteiger partial charge in [0.1, 0.15) is 18.3 Å². The van der Waals surface area contributed by atoms with E-state index in [4.69, 9.17) is 15.3 Å². The van der Waals surface area contributed by atoms with Crippen LogP contribution in [-0.4, -0.2) is 52.0 Å². The van der Waals surface area contributed by atoms with Crippen LogP contribution in [0, 0.1) is 0 Å². The van der Waals surface area contributed by atoms with Gasteiger partial charge >= 0.3 is 5.97 Å². The number of ether oxygens (including phenoxy) is 1. The highest BCUT2D eigenvalue weighted by Crippen LogP contribution is 2.19. The molecule has 1 saturated heterocycles. The van der Waals surface area contributed by atoms with E-state index in [2.05, 4.69) is 4.74 Å². The van der Waals surface area contributed by atoms with Crippen molar-refractivity contribution in [3.63, 3.8) is 0 Å². The lowest BCUT2D eigenvalue weighted by Crippen LogP contribution is -2.41. The lowest BCUT2D eigenvalue weighted by atomic mass is 10.1. The molecule has 6 nitrogen and oxygen atoms in total. The molecule has 1 aliphatic heterocycles. The Morgan fingerprint density at radius 2 is 1.92 bits per heavy atom. The molecule has 0 aromatic heterocycles. The number of hydrogen-bond acceptors (Lipinski definition) is 6. The van der Waals surface area contributed by atoms with Crippen LogP contribution in [-0.2, 0) is 14.3 Å². The Morgan fingerprint density at radius 1 is 1.42 bits per heavy atom. The SMILES string of the molecule is O=C[C@H](O)[C@@H](O)[C@H](O)[C@@H]1OC1=O. The van der Waals surface area contributed by atoms with Crippen molar-refractivity contribution in [2.45, 2.75) is 24.4 Å². The van der Waals surface area contributed by atoms with Crippen molar-refractivity contribution in [3.05, 3.63) is 0 Å². The number of rotatable bonds is 4. The predicted octanol–water partition coefficient (Wildman–Crippen LogP) is -2.81. The summed E-state index contributed by atoms with van der Waals surface area (Å²) >= 11 is 0. The van der Waals surface area contributed by atoms with Crippen molar-refractivity contribution in [1.82, 2.24) is 0 Å². The molecular formula is C6H8O6. The van der Waals surface area contributed by atoms with E-state index in [-0.39, 0.29) is 6.29 Å². The number of carbonyl (C=O) groups excluding carboxylic acids is 2. The first-order valence-electron chi connectivity index (χ1n) is 3.28. The van der Waals surface area contributed by atoms with E-state index >= 15 is 0 Å². The van der Waals surface area contributed by atoms with E-state index in [0.29, 0.717) is 0 Å². The Bertz CT molecular complexity index is 196. The molecule has 0 aromatic carbocycles. The van der Waals surface area contributed by atoms with Crippen LogP contribution < -0.4 is 0 Å². The van der Waals surface area contributed by atoms with Gasteiger partial charge < -0.3 is 24.9 Å². The van der Waals surface area contributed by atoms with E-state index in [0.717, 1.165) is 0 Å². The third-order valence-electron chi connectivity index (χ3n) is 1.57. The van der Waals surface area contributed by atoms with Crippen LogP contribution in [0.3, 0.4) is 0 Å². The molecule has 1 aliphatic rings. The molecule has 0 spiro atoms. The Hall–Kier alpha value is -0.980. The fraction of sp³-hybridized carbons (Fsp3) is 0.667. The maximum atomic E-state index is 10.3. The molecule has 12 heavy (non-hydrogen) atoms. The lowest BCUT2D eigenvalue weighted by Gasteiger charge is -2.15. The lowest BCUT2D eigenvalue weighted by molar-refractivity contribution is -0.127. The van der Waals surface area contributed by atoms with Gasteiger partial charge in [-0.15, -0.1) is 0 Å². The molecule has 0 bridgehead atoms. The maximum Gasteiger partial charge on any atom is 0.351 e. The van der Waals surface area contributed by atoms with Crippen LogP contribution in [0.2, 0.25) is 0 Å². The molecule has 0 unspecified atom stereocenters. The van der Waals surface area contributed by atoms with Crippen molar-refractivity contribution < 1.29 is 29.6 Å². The standard InChI is InChI=1S/C6H8O6/c7-1-2(8)3(9)4(10)5-6(11)12-5/h1-5,8-10H/t2-,3+,4-,5-/m0/s1. The Balaban J connectivity index is 2.46. The summed E-state index contributed by atoms with van der Waals surface area (Å²) in [5.74, 6) is -0.653. The van der Waals surface area contributed by atoms with Gasteiger partial charge in [-0.1, -0.05) is 0 Å². The van der Waals surface area contributed by atoms with Gasteiger partial charge in [0.2, 0.25) is 6.10 Å². The summed E-state index contributed by atoms with van der Waals surface area (Å²) in [6, 6.07) is 0. The van der Waals surface area contributed by atoms with Crippen molar-refractivity contribution >= 4 is 12.3 Å². The van der Waals surface area contributed by atoms with Gasteiger partial charge in [-0.2, -0.15) is 0 Å². The summed E-state index contributed by atoms with van der Waals surface area (Å²) in [4.78, 5) is 20.2. The molecule has 0 radical (unpaired) electrons. The molecule has 1 fully saturated rings. The minimum atomic E-state index is -1.70. The molecule has 0 saturated carbocycles. The van der Waals surface area contributed by atoms with Gasteiger partial charge in [0, 0.05) is 0 Å². The highest BCUT2D eigenvalue weighted by Gasteiger charge is 2.49. The molecule has 6 heteroatoms. The average molecular weight is 176 g/mol. The molecule has 0 amide bonds. The quantitative estimate of drug-likeness (QED) is 0.315. The zero-order valence-corrected chi connectivity index (χ0v) is 5.95. The van der Waals surface area contributed by atoms with Crippen molar-refractivity contribution in [3.8, 4) is 0 Å². The van der Waals surface area contributed by atoms with Crippen LogP contribution in [0.5, 0.6) is 0 Å². The van der Waals surface area contributed by atoms with E-state index < -0.39 is 30.4 Å². The fourth-order valence-corrected chi connectivity index (χ4v) is 0.762. The summed E-state index contributed by atoms with van der Waals surface area (Å²) < 4.78 is 4.22. The van der Waals surface area contributed by atoms with Crippen LogP contribution >= 0.6 is 0 Å². The summed E-state index contributed by atoms with van der Waals surface area (Å²) in [6.07, 6.45) is -5.95. The van der Waals surface area contributed by atoms with Crippen LogP contribution in [0.4, 0.5) is 0 Å². The molecule has 1 heterocycles. The van der Waals surface area contributed by atoms with E-state index in [1.54, 1.807) is 0 Å². The molecule has 4 atom stereocenters. The third-order valence-corrected chi connectivity index (χ3v) is 1.57. The fourth-order valence-electron chi connectivity index (χ4n) is 0.762. The van der Waals surface area contributed by atoms with Gasteiger partial charge in [-0.05, 0) is 0 Å². The second kappa shape index (κ2) is 3.18. The molecule has 3 N–H and O–H groups in total. The van der Waals surface area contributed by atoms with Gasteiger partial charge in [-0.3, -0.25) is 0 Å². The molecule has 0 aliphatic carbocycles. The molecule has 0 aromatic rings. The number of hydrogen-bond donors (Lipinski definition) is 3. The maximum absolute atomic E-state index is 10.3. The summed E-state index contributed by atoms with van der Waals surface area (Å²) in [6.45, 7) is 0. The topological polar surface area (TPSA) is 107 Å². The van der Waals surface area contributed by atoms with Gasteiger partial charge in [-0.25, -0.2) is 4.79 Å². The zero-order valence-electron chi connectivity index (χ0n) is 5.95. The van der Waals surface area contributed by atoms with Crippen molar-refractivity contribution in [2.24, 2.45) is 0 Å². The van der Waals surface area contributed by atoms with Crippen LogP contribution in [0.25, 0.3) is 0 Å². The first-order valence-corrected chi connectivity index (χ1v) is 3.28. The highest BCUT2D eigenvalue weighted by molar-refractivity contribution is 5.88.